The molecule has 1 atom stereocenters. The van der Waals surface area contributed by atoms with Crippen molar-refractivity contribution in [3.05, 3.63) is 54.0 Å². The van der Waals surface area contributed by atoms with Crippen LogP contribution in [0.4, 0.5) is 0 Å². The number of amides is 1. The van der Waals surface area contributed by atoms with Crippen LogP contribution < -0.4 is 10.2 Å². The lowest BCUT2D eigenvalue weighted by Crippen LogP contribution is -2.33. The van der Waals surface area contributed by atoms with Crippen LogP contribution in [0.25, 0.3) is 0 Å². The van der Waals surface area contributed by atoms with Gasteiger partial charge in [-0.15, -0.1) is 0 Å². The Bertz CT molecular complexity index is 590. The molecule has 0 fully saturated rings. The van der Waals surface area contributed by atoms with Gasteiger partial charge in [-0.25, -0.2) is 5.43 Å². The molecular formula is C15H16N2O3. The first kappa shape index (κ1) is 13.9. The van der Waals surface area contributed by atoms with E-state index in [0.717, 1.165) is 5.76 Å². The Morgan fingerprint density at radius 1 is 1.30 bits per heavy atom. The maximum atomic E-state index is 11.8. The molecule has 2 rings (SSSR count). The van der Waals surface area contributed by atoms with Gasteiger partial charge in [0.05, 0.1) is 6.21 Å². The van der Waals surface area contributed by atoms with Crippen LogP contribution in [0, 0.1) is 6.92 Å². The Hall–Kier alpha value is -2.56. The zero-order chi connectivity index (χ0) is 14.4. The lowest BCUT2D eigenvalue weighted by Gasteiger charge is -2.12. The van der Waals surface area contributed by atoms with E-state index in [0.29, 0.717) is 11.5 Å². The summed E-state index contributed by atoms with van der Waals surface area (Å²) in [5, 5.41) is 3.82. The van der Waals surface area contributed by atoms with E-state index in [4.69, 9.17) is 9.15 Å². The minimum Gasteiger partial charge on any atom is -0.481 e. The first-order chi connectivity index (χ1) is 9.65. The van der Waals surface area contributed by atoms with E-state index < -0.39 is 6.10 Å². The number of aryl methyl sites for hydroxylation is 1. The summed E-state index contributed by atoms with van der Waals surface area (Å²) in [6.45, 7) is 3.50. The van der Waals surface area contributed by atoms with Gasteiger partial charge in [0.1, 0.15) is 17.3 Å². The van der Waals surface area contributed by atoms with Crippen molar-refractivity contribution in [2.24, 2.45) is 5.10 Å². The molecular weight excluding hydrogens is 256 g/mol. The van der Waals surface area contributed by atoms with Crippen molar-refractivity contribution >= 4 is 12.1 Å². The summed E-state index contributed by atoms with van der Waals surface area (Å²) in [5.74, 6) is 1.69. The molecule has 0 saturated heterocycles. The molecule has 0 aliphatic heterocycles. The predicted molar refractivity (Wildman–Crippen MR) is 75.7 cm³/mol. The molecule has 1 amide bonds. The highest BCUT2D eigenvalue weighted by Crippen LogP contribution is 2.10. The Morgan fingerprint density at radius 3 is 2.70 bits per heavy atom. The fourth-order valence-electron chi connectivity index (χ4n) is 1.53. The highest BCUT2D eigenvalue weighted by molar-refractivity contribution is 5.83. The van der Waals surface area contributed by atoms with Gasteiger partial charge in [-0.1, -0.05) is 18.2 Å². The first-order valence-electron chi connectivity index (χ1n) is 6.26. The second-order valence-electron chi connectivity index (χ2n) is 4.26. The highest BCUT2D eigenvalue weighted by atomic mass is 16.5. The summed E-state index contributed by atoms with van der Waals surface area (Å²) in [7, 11) is 0. The average molecular weight is 272 g/mol. The number of hydrogen-bond acceptors (Lipinski definition) is 4. The van der Waals surface area contributed by atoms with Gasteiger partial charge in [0.2, 0.25) is 0 Å². The first-order valence-corrected chi connectivity index (χ1v) is 6.26. The molecule has 5 nitrogen and oxygen atoms in total. The van der Waals surface area contributed by atoms with Crippen molar-refractivity contribution in [2.75, 3.05) is 0 Å². The SMILES string of the molecule is Cc1ccc(/C=N\NC(=O)[C@@H](C)Oc2ccccc2)o1. The smallest absolute Gasteiger partial charge is 0.280 e. The zero-order valence-electron chi connectivity index (χ0n) is 11.4. The molecule has 0 spiro atoms. The number of hydrogen-bond donors (Lipinski definition) is 1. The predicted octanol–water partition coefficient (Wildman–Crippen LogP) is 2.51. The number of carbonyl (C=O) groups is 1. The van der Waals surface area contributed by atoms with Crippen molar-refractivity contribution in [1.82, 2.24) is 5.43 Å². The topological polar surface area (TPSA) is 63.8 Å². The molecule has 0 aliphatic rings. The fraction of sp³-hybridized carbons (Fsp3) is 0.200. The maximum absolute atomic E-state index is 11.8. The van der Waals surface area contributed by atoms with E-state index in [1.54, 1.807) is 25.1 Å². The molecule has 0 radical (unpaired) electrons. The van der Waals surface area contributed by atoms with Gasteiger partial charge in [-0.2, -0.15) is 5.10 Å². The molecule has 1 aromatic carbocycles. The minimum absolute atomic E-state index is 0.326. The summed E-state index contributed by atoms with van der Waals surface area (Å²) in [6, 6.07) is 12.7. The second kappa shape index (κ2) is 6.56. The van der Waals surface area contributed by atoms with E-state index >= 15 is 0 Å². The van der Waals surface area contributed by atoms with E-state index in [2.05, 4.69) is 10.5 Å². The molecule has 0 saturated carbocycles. The molecule has 1 aromatic heterocycles. The largest absolute Gasteiger partial charge is 0.481 e. The third-order valence-corrected chi connectivity index (χ3v) is 2.55. The minimum atomic E-state index is -0.632. The third kappa shape index (κ3) is 3.98. The van der Waals surface area contributed by atoms with Crippen LogP contribution in [0.3, 0.4) is 0 Å². The zero-order valence-corrected chi connectivity index (χ0v) is 11.4. The number of nitrogens with one attached hydrogen (secondary N) is 1. The Morgan fingerprint density at radius 2 is 2.05 bits per heavy atom. The van der Waals surface area contributed by atoms with Crippen LogP contribution in [0.5, 0.6) is 5.75 Å². The molecule has 0 bridgehead atoms. The van der Waals surface area contributed by atoms with Crippen molar-refractivity contribution in [2.45, 2.75) is 20.0 Å². The van der Waals surface area contributed by atoms with E-state index in [-0.39, 0.29) is 5.91 Å². The number of para-hydroxylation sites is 1. The fourth-order valence-corrected chi connectivity index (χ4v) is 1.53. The number of hydrazone groups is 1. The summed E-state index contributed by atoms with van der Waals surface area (Å²) in [6.07, 6.45) is 0.813. The lowest BCUT2D eigenvalue weighted by atomic mass is 10.3. The number of carbonyl (C=O) groups excluding carboxylic acids is 1. The quantitative estimate of drug-likeness (QED) is 0.672. The molecule has 1 N–H and O–H groups in total. The van der Waals surface area contributed by atoms with Crippen LogP contribution in [0.15, 0.2) is 52.0 Å². The standard InChI is InChI=1S/C15H16N2O3/c1-11-8-9-14(19-11)10-16-17-15(18)12(2)20-13-6-4-3-5-7-13/h3-10,12H,1-2H3,(H,17,18)/b16-10-/t12-/m1/s1. The molecule has 0 unspecified atom stereocenters. The van der Waals surface area contributed by atoms with Gasteiger partial charge in [0, 0.05) is 0 Å². The van der Waals surface area contributed by atoms with Crippen molar-refractivity contribution < 1.29 is 13.9 Å². The average Bonchev–Trinajstić information content (AvgIpc) is 2.85. The molecule has 0 aliphatic carbocycles. The van der Waals surface area contributed by atoms with E-state index in [1.807, 2.05) is 31.2 Å². The van der Waals surface area contributed by atoms with Gasteiger partial charge < -0.3 is 9.15 Å². The number of ether oxygens (including phenoxy) is 1. The number of rotatable bonds is 5. The Balaban J connectivity index is 1.84. The van der Waals surface area contributed by atoms with Crippen molar-refractivity contribution in [3.8, 4) is 5.75 Å². The van der Waals surface area contributed by atoms with Crippen LogP contribution >= 0.6 is 0 Å². The van der Waals surface area contributed by atoms with Gasteiger partial charge >= 0.3 is 0 Å². The molecule has 5 heteroatoms. The number of nitrogens with zero attached hydrogens (tertiary/aromatic N) is 1. The summed E-state index contributed by atoms with van der Waals surface area (Å²) in [5.41, 5.74) is 2.41. The number of furan rings is 1. The lowest BCUT2D eigenvalue weighted by molar-refractivity contribution is -0.127. The van der Waals surface area contributed by atoms with Crippen molar-refractivity contribution in [3.63, 3.8) is 0 Å². The van der Waals surface area contributed by atoms with Crippen LogP contribution in [-0.2, 0) is 4.79 Å². The normalized spacial score (nSPS) is 12.3. The summed E-state index contributed by atoms with van der Waals surface area (Å²) >= 11 is 0. The summed E-state index contributed by atoms with van der Waals surface area (Å²) < 4.78 is 10.8. The highest BCUT2D eigenvalue weighted by Gasteiger charge is 2.13. The summed E-state index contributed by atoms with van der Waals surface area (Å²) in [4.78, 5) is 11.8. The van der Waals surface area contributed by atoms with Crippen LogP contribution in [0.2, 0.25) is 0 Å². The van der Waals surface area contributed by atoms with Crippen LogP contribution in [-0.4, -0.2) is 18.2 Å². The maximum Gasteiger partial charge on any atom is 0.280 e. The third-order valence-electron chi connectivity index (χ3n) is 2.55. The molecule has 20 heavy (non-hydrogen) atoms. The second-order valence-corrected chi connectivity index (χ2v) is 4.26. The van der Waals surface area contributed by atoms with Gasteiger partial charge in [0.15, 0.2) is 6.10 Å². The molecule has 104 valence electrons. The molecule has 1 heterocycles. The van der Waals surface area contributed by atoms with E-state index in [9.17, 15) is 4.79 Å². The Kier molecular flexibility index (Phi) is 4.55. The van der Waals surface area contributed by atoms with Crippen molar-refractivity contribution in [1.29, 1.82) is 0 Å². The Labute approximate surface area is 117 Å². The van der Waals surface area contributed by atoms with Crippen LogP contribution in [0.1, 0.15) is 18.4 Å². The molecule has 2 aromatic rings. The monoisotopic (exact) mass is 272 g/mol. The van der Waals surface area contributed by atoms with Gasteiger partial charge in [-0.05, 0) is 38.1 Å². The van der Waals surface area contributed by atoms with E-state index in [1.165, 1.54) is 6.21 Å². The van der Waals surface area contributed by atoms with Gasteiger partial charge in [0.25, 0.3) is 5.91 Å². The number of benzene rings is 1. The van der Waals surface area contributed by atoms with Gasteiger partial charge in [-0.3, -0.25) is 4.79 Å².